The zero-order valence-electron chi connectivity index (χ0n) is 4.83. The molecule has 2 rings (SSSR count). The van der Waals surface area contributed by atoms with E-state index in [1.165, 1.54) is 11.1 Å². The van der Waals surface area contributed by atoms with Crippen LogP contribution in [-0.4, -0.2) is 0 Å². The maximum Gasteiger partial charge on any atom is 0.0969 e. The lowest BCUT2D eigenvalue weighted by Gasteiger charge is -1.68. The summed E-state index contributed by atoms with van der Waals surface area (Å²) >= 11 is 0. The molecule has 0 unspecified atom stereocenters. The van der Waals surface area contributed by atoms with E-state index in [0.29, 0.717) is 0 Å². The Morgan fingerprint density at radius 1 is 1.22 bits per heavy atom. The first-order valence-electron chi connectivity index (χ1n) is 2.92. The second-order valence-electron chi connectivity index (χ2n) is 2.19. The molecule has 0 heterocycles. The molecule has 0 atom stereocenters. The Balaban J connectivity index is 2.49. The van der Waals surface area contributed by atoms with E-state index in [1.54, 1.807) is 0 Å². The van der Waals surface area contributed by atoms with E-state index >= 15 is 0 Å². The molecule has 1 nitrogen and oxygen atoms in total. The molecular weight excluding hydrogens is 110 g/mol. The van der Waals surface area contributed by atoms with Gasteiger partial charge in [-0.05, 0) is 11.1 Å². The molecule has 9 heavy (non-hydrogen) atoms. The Bertz CT molecular complexity index is 260. The van der Waals surface area contributed by atoms with Crippen molar-refractivity contribution in [2.45, 2.75) is 5.92 Å². The highest BCUT2D eigenvalue weighted by molar-refractivity contribution is 5.56. The fraction of sp³-hybridized carbons (Fsp3) is 0.125. The summed E-state index contributed by atoms with van der Waals surface area (Å²) in [5.41, 5.74) is 2.42. The van der Waals surface area contributed by atoms with Crippen molar-refractivity contribution in [3.8, 4) is 6.07 Å². The molecule has 0 saturated carbocycles. The van der Waals surface area contributed by atoms with Crippen LogP contribution >= 0.6 is 0 Å². The fourth-order valence-corrected chi connectivity index (χ4v) is 1.10. The van der Waals surface area contributed by atoms with Crippen molar-refractivity contribution in [2.24, 2.45) is 0 Å². The van der Waals surface area contributed by atoms with Crippen molar-refractivity contribution in [1.82, 2.24) is 0 Å². The third-order valence-corrected chi connectivity index (χ3v) is 1.66. The van der Waals surface area contributed by atoms with E-state index in [1.807, 2.05) is 24.3 Å². The highest BCUT2D eigenvalue weighted by atomic mass is 14.4. The van der Waals surface area contributed by atoms with Crippen LogP contribution in [0.3, 0.4) is 0 Å². The van der Waals surface area contributed by atoms with Crippen molar-refractivity contribution < 1.29 is 0 Å². The molecule has 1 heteroatoms. The lowest BCUT2D eigenvalue weighted by Crippen LogP contribution is -1.57. The van der Waals surface area contributed by atoms with Gasteiger partial charge < -0.3 is 0 Å². The molecule has 0 aliphatic heterocycles. The maximum atomic E-state index is 8.48. The first-order valence-corrected chi connectivity index (χ1v) is 2.92. The van der Waals surface area contributed by atoms with Crippen LogP contribution in [-0.2, 0) is 0 Å². The topological polar surface area (TPSA) is 23.8 Å². The van der Waals surface area contributed by atoms with Gasteiger partial charge in [0.15, 0.2) is 0 Å². The number of hydrogen-bond acceptors (Lipinski definition) is 1. The van der Waals surface area contributed by atoms with Gasteiger partial charge >= 0.3 is 0 Å². The second-order valence-corrected chi connectivity index (χ2v) is 2.19. The number of nitriles is 1. The van der Waals surface area contributed by atoms with Gasteiger partial charge in [0.05, 0.1) is 12.0 Å². The summed E-state index contributed by atoms with van der Waals surface area (Å²) < 4.78 is 0. The molecule has 1 aromatic carbocycles. The Labute approximate surface area is 53.5 Å². The molecule has 1 aliphatic carbocycles. The van der Waals surface area contributed by atoms with Crippen molar-refractivity contribution in [3.63, 3.8) is 0 Å². The normalized spacial score (nSPS) is 14.1. The Morgan fingerprint density at radius 3 is 2.22 bits per heavy atom. The monoisotopic (exact) mass is 115 g/mol. The summed E-state index contributed by atoms with van der Waals surface area (Å²) in [5.74, 6) is 0.125. The van der Waals surface area contributed by atoms with Crippen LogP contribution < -0.4 is 0 Å². The van der Waals surface area contributed by atoms with Crippen molar-refractivity contribution in [1.29, 1.82) is 5.26 Å². The van der Waals surface area contributed by atoms with E-state index in [4.69, 9.17) is 5.26 Å². The van der Waals surface area contributed by atoms with Gasteiger partial charge in [-0.1, -0.05) is 24.3 Å². The van der Waals surface area contributed by atoms with Gasteiger partial charge in [-0.3, -0.25) is 0 Å². The van der Waals surface area contributed by atoms with Crippen LogP contribution in [0.4, 0.5) is 0 Å². The molecule has 1 aliphatic rings. The molecule has 0 radical (unpaired) electrons. The average molecular weight is 115 g/mol. The summed E-state index contributed by atoms with van der Waals surface area (Å²) in [6, 6.07) is 10.1. The molecule has 0 saturated heterocycles. The van der Waals surface area contributed by atoms with Gasteiger partial charge in [0.1, 0.15) is 0 Å². The highest BCUT2D eigenvalue weighted by Gasteiger charge is 2.30. The Hall–Kier alpha value is -1.29. The lowest BCUT2D eigenvalue weighted by atomic mass is 10.4. The van der Waals surface area contributed by atoms with Gasteiger partial charge in [-0.2, -0.15) is 5.26 Å². The van der Waals surface area contributed by atoms with Crippen molar-refractivity contribution >= 4 is 0 Å². The number of nitrogens with zero attached hydrogens (tertiary/aromatic N) is 1. The summed E-state index contributed by atoms with van der Waals surface area (Å²) in [6.07, 6.45) is 0. The second kappa shape index (κ2) is 1.35. The molecule has 0 amide bonds. The molecule has 0 fully saturated rings. The molecular formula is C8H5N. The van der Waals surface area contributed by atoms with E-state index in [2.05, 4.69) is 6.07 Å². The van der Waals surface area contributed by atoms with E-state index in [-0.39, 0.29) is 5.92 Å². The van der Waals surface area contributed by atoms with Gasteiger partial charge in [0.2, 0.25) is 0 Å². The van der Waals surface area contributed by atoms with Crippen LogP contribution in [0.5, 0.6) is 0 Å². The summed E-state index contributed by atoms with van der Waals surface area (Å²) in [5, 5.41) is 8.48. The standard InChI is InChI=1S/C8H5N/c9-5-8-6-3-1-2-4-7(6)8/h1-4,8H. The van der Waals surface area contributed by atoms with Crippen LogP contribution in [0.15, 0.2) is 24.3 Å². The highest BCUT2D eigenvalue weighted by Crippen LogP contribution is 2.41. The number of benzene rings is 1. The van der Waals surface area contributed by atoms with Crippen LogP contribution in [0, 0.1) is 11.3 Å². The SMILES string of the molecule is N#CC1c2ccccc21. The first kappa shape index (κ1) is 4.58. The predicted octanol–water partition coefficient (Wildman–Crippen LogP) is 1.66. The summed E-state index contributed by atoms with van der Waals surface area (Å²) in [6.45, 7) is 0. The minimum Gasteiger partial charge on any atom is -0.197 e. The molecule has 0 spiro atoms. The largest absolute Gasteiger partial charge is 0.197 e. The summed E-state index contributed by atoms with van der Waals surface area (Å²) in [4.78, 5) is 0. The maximum absolute atomic E-state index is 8.48. The van der Waals surface area contributed by atoms with Crippen LogP contribution in [0.25, 0.3) is 0 Å². The number of fused-ring (bicyclic) bond motifs is 1. The Kier molecular flexibility index (Phi) is 0.689. The fourth-order valence-electron chi connectivity index (χ4n) is 1.10. The minimum absolute atomic E-state index is 0.125. The van der Waals surface area contributed by atoms with Crippen molar-refractivity contribution in [2.75, 3.05) is 0 Å². The summed E-state index contributed by atoms with van der Waals surface area (Å²) in [7, 11) is 0. The number of rotatable bonds is 0. The minimum atomic E-state index is 0.125. The van der Waals surface area contributed by atoms with Crippen molar-refractivity contribution in [3.05, 3.63) is 35.4 Å². The Morgan fingerprint density at radius 2 is 1.78 bits per heavy atom. The molecule has 0 N–H and O–H groups in total. The lowest BCUT2D eigenvalue weighted by molar-refractivity contribution is 1.29. The zero-order valence-corrected chi connectivity index (χ0v) is 4.83. The molecule has 42 valence electrons. The van der Waals surface area contributed by atoms with Gasteiger partial charge in [0.25, 0.3) is 0 Å². The molecule has 1 aromatic rings. The van der Waals surface area contributed by atoms with Gasteiger partial charge in [-0.15, -0.1) is 0 Å². The smallest absolute Gasteiger partial charge is 0.0969 e. The number of hydrogen-bond donors (Lipinski definition) is 0. The van der Waals surface area contributed by atoms with Crippen LogP contribution in [0.1, 0.15) is 17.0 Å². The third-order valence-electron chi connectivity index (χ3n) is 1.66. The average Bonchev–Trinajstić information content (AvgIpc) is 2.60. The van der Waals surface area contributed by atoms with Crippen LogP contribution in [0.2, 0.25) is 0 Å². The zero-order chi connectivity index (χ0) is 6.27. The van der Waals surface area contributed by atoms with Gasteiger partial charge in [0, 0.05) is 0 Å². The molecule has 0 bridgehead atoms. The first-order chi connectivity index (χ1) is 4.43. The van der Waals surface area contributed by atoms with E-state index < -0.39 is 0 Å². The van der Waals surface area contributed by atoms with E-state index in [0.717, 1.165) is 0 Å². The quantitative estimate of drug-likeness (QED) is 0.504. The predicted molar refractivity (Wildman–Crippen MR) is 33.9 cm³/mol. The molecule has 0 aromatic heterocycles. The van der Waals surface area contributed by atoms with Gasteiger partial charge in [-0.25, -0.2) is 0 Å². The third kappa shape index (κ3) is 0.475. The van der Waals surface area contributed by atoms with E-state index in [9.17, 15) is 0 Å².